The van der Waals surface area contributed by atoms with Crippen LogP contribution in [0.3, 0.4) is 0 Å². The van der Waals surface area contributed by atoms with Crippen LogP contribution in [-0.2, 0) is 14.6 Å². The van der Waals surface area contributed by atoms with Gasteiger partial charge in [0.2, 0.25) is 0 Å². The van der Waals surface area contributed by atoms with Crippen LogP contribution in [0, 0.1) is 0 Å². The van der Waals surface area contributed by atoms with Crippen LogP contribution in [0.25, 0.3) is 6.08 Å². The van der Waals surface area contributed by atoms with Gasteiger partial charge >= 0.3 is 5.97 Å². The van der Waals surface area contributed by atoms with Crippen molar-refractivity contribution in [1.82, 2.24) is 0 Å². The number of carboxylic acids is 1. The molecule has 1 N–H and O–H groups in total. The zero-order valence-corrected chi connectivity index (χ0v) is 10.4. The van der Waals surface area contributed by atoms with Crippen molar-refractivity contribution in [3.05, 3.63) is 35.4 Å². The molecular weight excluding hydrogens is 264 g/mol. The van der Waals surface area contributed by atoms with Crippen LogP contribution >= 0.6 is 12.4 Å². The fourth-order valence-electron chi connectivity index (χ4n) is 1.67. The minimum Gasteiger partial charge on any atom is -0.478 e. The summed E-state index contributed by atoms with van der Waals surface area (Å²) in [4.78, 5) is 11.1. The maximum absolute atomic E-state index is 11.8. The van der Waals surface area contributed by atoms with Crippen molar-refractivity contribution in [2.75, 3.05) is 5.75 Å². The molecule has 0 spiro atoms. The SMILES string of the molecule is Cl.O=C(O)C1=Cc2ccccc2S(=O)(=O)CC1. The van der Waals surface area contributed by atoms with Crippen LogP contribution in [0.5, 0.6) is 0 Å². The van der Waals surface area contributed by atoms with Crippen molar-refractivity contribution in [1.29, 1.82) is 0 Å². The summed E-state index contributed by atoms with van der Waals surface area (Å²) >= 11 is 0. The van der Waals surface area contributed by atoms with E-state index in [0.717, 1.165) is 0 Å². The van der Waals surface area contributed by atoms with Gasteiger partial charge in [0.05, 0.1) is 10.6 Å². The summed E-state index contributed by atoms with van der Waals surface area (Å²) in [6, 6.07) is 6.44. The summed E-state index contributed by atoms with van der Waals surface area (Å²) in [5.41, 5.74) is 0.589. The Hall–Kier alpha value is -1.33. The second kappa shape index (κ2) is 4.89. The summed E-state index contributed by atoms with van der Waals surface area (Å²) in [7, 11) is -3.36. The van der Waals surface area contributed by atoms with E-state index in [1.54, 1.807) is 18.2 Å². The minimum atomic E-state index is -3.36. The van der Waals surface area contributed by atoms with E-state index in [0.29, 0.717) is 5.56 Å². The van der Waals surface area contributed by atoms with Gasteiger partial charge in [-0.2, -0.15) is 0 Å². The number of sulfone groups is 1. The second-order valence-corrected chi connectivity index (χ2v) is 5.66. The first-order valence-corrected chi connectivity index (χ1v) is 6.41. The van der Waals surface area contributed by atoms with Crippen LogP contribution in [0.4, 0.5) is 0 Å². The first kappa shape index (κ1) is 13.7. The maximum atomic E-state index is 11.8. The van der Waals surface area contributed by atoms with Gasteiger partial charge in [-0.05, 0) is 24.1 Å². The molecule has 0 unspecified atom stereocenters. The van der Waals surface area contributed by atoms with E-state index in [2.05, 4.69) is 0 Å². The quantitative estimate of drug-likeness (QED) is 0.847. The topological polar surface area (TPSA) is 71.4 Å². The second-order valence-electron chi connectivity index (χ2n) is 3.58. The minimum absolute atomic E-state index is 0. The first-order valence-electron chi connectivity index (χ1n) is 4.76. The number of hydrogen-bond donors (Lipinski definition) is 1. The van der Waals surface area contributed by atoms with Gasteiger partial charge in [0.25, 0.3) is 0 Å². The molecule has 0 saturated heterocycles. The Morgan fingerprint density at radius 2 is 1.88 bits per heavy atom. The molecule has 1 aromatic carbocycles. The Labute approximate surface area is 105 Å². The first-order chi connectivity index (χ1) is 7.50. The summed E-state index contributed by atoms with van der Waals surface area (Å²) in [5.74, 6) is -1.21. The fraction of sp³-hybridized carbons (Fsp3) is 0.182. The van der Waals surface area contributed by atoms with Gasteiger partial charge < -0.3 is 5.11 Å². The largest absolute Gasteiger partial charge is 0.478 e. The molecule has 0 aliphatic carbocycles. The molecule has 0 aromatic heterocycles. The third-order valence-electron chi connectivity index (χ3n) is 2.50. The summed E-state index contributed by atoms with van der Waals surface area (Å²) in [5, 5.41) is 8.90. The van der Waals surface area contributed by atoms with Crippen LogP contribution in [0.2, 0.25) is 0 Å². The number of carboxylic acid groups (broad SMARTS) is 1. The van der Waals surface area contributed by atoms with Gasteiger partial charge in [-0.25, -0.2) is 13.2 Å². The van der Waals surface area contributed by atoms with Crippen molar-refractivity contribution in [2.45, 2.75) is 11.3 Å². The predicted molar refractivity (Wildman–Crippen MR) is 66.0 cm³/mol. The van der Waals surface area contributed by atoms with E-state index in [1.165, 1.54) is 12.1 Å². The molecule has 1 aromatic rings. The molecule has 0 radical (unpaired) electrons. The van der Waals surface area contributed by atoms with Crippen LogP contribution in [0.15, 0.2) is 34.7 Å². The maximum Gasteiger partial charge on any atom is 0.331 e. The number of hydrogen-bond acceptors (Lipinski definition) is 3. The number of fused-ring (bicyclic) bond motifs is 1. The molecule has 2 rings (SSSR count). The molecule has 17 heavy (non-hydrogen) atoms. The van der Waals surface area contributed by atoms with E-state index < -0.39 is 15.8 Å². The Kier molecular flexibility index (Phi) is 3.95. The number of halogens is 1. The molecule has 4 nitrogen and oxygen atoms in total. The van der Waals surface area contributed by atoms with Crippen molar-refractivity contribution < 1.29 is 18.3 Å². The molecule has 92 valence electrons. The highest BCUT2D eigenvalue weighted by Crippen LogP contribution is 2.25. The molecule has 6 heteroatoms. The van der Waals surface area contributed by atoms with Gasteiger partial charge in [-0.3, -0.25) is 0 Å². The fourth-order valence-corrected chi connectivity index (χ4v) is 3.15. The Morgan fingerprint density at radius 1 is 1.24 bits per heavy atom. The molecule has 0 amide bonds. The molecule has 0 fully saturated rings. The highest BCUT2D eigenvalue weighted by molar-refractivity contribution is 7.91. The van der Waals surface area contributed by atoms with Crippen LogP contribution < -0.4 is 0 Å². The van der Waals surface area contributed by atoms with E-state index in [9.17, 15) is 13.2 Å². The Bertz CT molecular complexity index is 575. The monoisotopic (exact) mass is 274 g/mol. The lowest BCUT2D eigenvalue weighted by molar-refractivity contribution is -0.132. The van der Waals surface area contributed by atoms with Crippen LogP contribution in [-0.4, -0.2) is 25.2 Å². The lowest BCUT2D eigenvalue weighted by Crippen LogP contribution is -2.08. The van der Waals surface area contributed by atoms with Gasteiger partial charge in [0, 0.05) is 5.57 Å². The Balaban J connectivity index is 0.00000144. The summed E-state index contributed by atoms with van der Waals surface area (Å²) < 4.78 is 23.7. The van der Waals surface area contributed by atoms with E-state index >= 15 is 0 Å². The van der Waals surface area contributed by atoms with Crippen molar-refractivity contribution in [3.63, 3.8) is 0 Å². The van der Waals surface area contributed by atoms with E-state index in [1.807, 2.05) is 0 Å². The Morgan fingerprint density at radius 3 is 2.53 bits per heavy atom. The number of aliphatic carboxylic acids is 1. The normalized spacial score (nSPS) is 17.1. The van der Waals surface area contributed by atoms with Gasteiger partial charge in [-0.15, -0.1) is 12.4 Å². The number of rotatable bonds is 1. The average molecular weight is 275 g/mol. The summed E-state index contributed by atoms with van der Waals surface area (Å²) in [6.45, 7) is 0. The lowest BCUT2D eigenvalue weighted by atomic mass is 10.1. The third kappa shape index (κ3) is 2.68. The third-order valence-corrected chi connectivity index (χ3v) is 4.28. The molecule has 1 aliphatic rings. The van der Waals surface area contributed by atoms with E-state index in [4.69, 9.17) is 5.11 Å². The molecule has 0 bridgehead atoms. The molecule has 0 saturated carbocycles. The number of carbonyl (C=O) groups is 1. The average Bonchev–Trinajstić information content (AvgIpc) is 2.36. The van der Waals surface area contributed by atoms with Gasteiger partial charge in [-0.1, -0.05) is 18.2 Å². The lowest BCUT2D eigenvalue weighted by Gasteiger charge is -2.02. The summed E-state index contributed by atoms with van der Waals surface area (Å²) in [6.07, 6.45) is 1.48. The van der Waals surface area contributed by atoms with Crippen molar-refractivity contribution in [3.8, 4) is 0 Å². The highest BCUT2D eigenvalue weighted by Gasteiger charge is 2.23. The molecule has 1 aliphatic heterocycles. The molecule has 1 heterocycles. The predicted octanol–water partition coefficient (Wildman–Crippen LogP) is 1.75. The van der Waals surface area contributed by atoms with E-state index in [-0.39, 0.29) is 35.0 Å². The van der Waals surface area contributed by atoms with Gasteiger partial charge in [0.1, 0.15) is 0 Å². The van der Waals surface area contributed by atoms with Crippen molar-refractivity contribution in [2.24, 2.45) is 0 Å². The van der Waals surface area contributed by atoms with Crippen molar-refractivity contribution >= 4 is 34.3 Å². The smallest absolute Gasteiger partial charge is 0.331 e. The highest BCUT2D eigenvalue weighted by atomic mass is 35.5. The standard InChI is InChI=1S/C11H10O4S.ClH/c12-11(13)9-5-6-16(14,15)10-4-2-1-3-8(10)7-9;/h1-4,7H,5-6H2,(H,12,13);1H. The van der Waals surface area contributed by atoms with Gasteiger partial charge in [0.15, 0.2) is 9.84 Å². The zero-order valence-electron chi connectivity index (χ0n) is 8.79. The van der Waals surface area contributed by atoms with Crippen LogP contribution in [0.1, 0.15) is 12.0 Å². The molecular formula is C11H11ClO4S. The molecule has 0 atom stereocenters. The zero-order chi connectivity index (χ0) is 11.8. The number of benzene rings is 1.